The zero-order valence-electron chi connectivity index (χ0n) is 16.9. The molecule has 152 valence electrons. The molecule has 5 nitrogen and oxygen atoms in total. The molecular formula is C21H35N3O2S. The van der Waals surface area contributed by atoms with Crippen LogP contribution in [0, 0.1) is 0 Å². The highest BCUT2D eigenvalue weighted by atomic mass is 32.2. The standard InChI is InChI=1S/C21H35N3O2S/c1-22(2)12-7-17-27(25,26)24-15-10-19(11-16-24)21-9-4-3-8-20(21)18-23-13-5-6-14-23/h3-4,8-9,19H,5-7,10-18H2,1-2H3. The van der Waals surface area contributed by atoms with E-state index in [1.165, 1.54) is 37.1 Å². The first-order valence-corrected chi connectivity index (χ1v) is 12.0. The largest absolute Gasteiger partial charge is 0.309 e. The van der Waals surface area contributed by atoms with E-state index in [2.05, 4.69) is 29.2 Å². The smallest absolute Gasteiger partial charge is 0.214 e. The highest BCUT2D eigenvalue weighted by Crippen LogP contribution is 2.32. The van der Waals surface area contributed by atoms with Gasteiger partial charge in [-0.15, -0.1) is 0 Å². The summed E-state index contributed by atoms with van der Waals surface area (Å²) in [5.41, 5.74) is 2.88. The SMILES string of the molecule is CN(C)CCCS(=O)(=O)N1CCC(c2ccccc2CN2CCCC2)CC1. The topological polar surface area (TPSA) is 43.9 Å². The maximum Gasteiger partial charge on any atom is 0.214 e. The zero-order chi connectivity index (χ0) is 19.3. The van der Waals surface area contributed by atoms with Crippen LogP contribution in [0.2, 0.25) is 0 Å². The first-order valence-electron chi connectivity index (χ1n) is 10.4. The fraction of sp³-hybridized carbons (Fsp3) is 0.714. The number of piperidine rings is 1. The van der Waals surface area contributed by atoms with Crippen LogP contribution in [-0.4, -0.2) is 75.1 Å². The normalized spacial score (nSPS) is 20.6. The van der Waals surface area contributed by atoms with Gasteiger partial charge >= 0.3 is 0 Å². The van der Waals surface area contributed by atoms with Crippen molar-refractivity contribution in [1.82, 2.24) is 14.1 Å². The van der Waals surface area contributed by atoms with Gasteiger partial charge in [0.15, 0.2) is 0 Å². The summed E-state index contributed by atoms with van der Waals surface area (Å²) in [4.78, 5) is 4.59. The van der Waals surface area contributed by atoms with E-state index in [-0.39, 0.29) is 5.75 Å². The highest BCUT2D eigenvalue weighted by molar-refractivity contribution is 7.89. The molecular weight excluding hydrogens is 358 g/mol. The molecule has 0 atom stereocenters. The molecule has 0 N–H and O–H groups in total. The van der Waals surface area contributed by atoms with Gasteiger partial charge in [-0.05, 0) is 82.9 Å². The van der Waals surface area contributed by atoms with Gasteiger partial charge in [-0.25, -0.2) is 12.7 Å². The summed E-state index contributed by atoms with van der Waals surface area (Å²) in [6.07, 6.45) is 5.19. The second kappa shape index (κ2) is 9.50. The minimum atomic E-state index is -3.11. The minimum absolute atomic E-state index is 0.265. The Morgan fingerprint density at radius 2 is 1.70 bits per heavy atom. The van der Waals surface area contributed by atoms with E-state index in [1.54, 1.807) is 4.31 Å². The number of hydrogen-bond donors (Lipinski definition) is 0. The van der Waals surface area contributed by atoms with E-state index < -0.39 is 10.0 Å². The van der Waals surface area contributed by atoms with Gasteiger partial charge in [0.1, 0.15) is 0 Å². The molecule has 0 amide bonds. The number of likely N-dealkylation sites (tertiary alicyclic amines) is 1. The summed E-state index contributed by atoms with van der Waals surface area (Å²) >= 11 is 0. The fourth-order valence-electron chi connectivity index (χ4n) is 4.40. The quantitative estimate of drug-likeness (QED) is 0.681. The molecule has 2 fully saturated rings. The maximum atomic E-state index is 12.6. The van der Waals surface area contributed by atoms with Crippen molar-refractivity contribution in [2.75, 3.05) is 52.6 Å². The summed E-state index contributed by atoms with van der Waals surface area (Å²) in [6.45, 7) is 5.59. The molecule has 1 aromatic carbocycles. The molecule has 0 bridgehead atoms. The molecule has 0 saturated carbocycles. The van der Waals surface area contributed by atoms with Crippen LogP contribution >= 0.6 is 0 Å². The van der Waals surface area contributed by atoms with Gasteiger partial charge in [-0.1, -0.05) is 24.3 Å². The molecule has 0 aromatic heterocycles. The first kappa shape index (κ1) is 20.8. The summed E-state index contributed by atoms with van der Waals surface area (Å²) in [6, 6.07) is 8.79. The average Bonchev–Trinajstić information content (AvgIpc) is 3.15. The van der Waals surface area contributed by atoms with Gasteiger partial charge in [-0.2, -0.15) is 0 Å². The maximum absolute atomic E-state index is 12.6. The van der Waals surface area contributed by atoms with Crippen molar-refractivity contribution in [2.45, 2.75) is 44.6 Å². The molecule has 2 saturated heterocycles. The lowest BCUT2D eigenvalue weighted by molar-refractivity contribution is 0.309. The van der Waals surface area contributed by atoms with E-state index in [0.29, 0.717) is 25.4 Å². The van der Waals surface area contributed by atoms with Crippen molar-refractivity contribution in [1.29, 1.82) is 0 Å². The van der Waals surface area contributed by atoms with E-state index >= 15 is 0 Å². The summed E-state index contributed by atoms with van der Waals surface area (Å²) in [5, 5.41) is 0. The molecule has 0 spiro atoms. The number of rotatable bonds is 8. The molecule has 2 heterocycles. The number of hydrogen-bond acceptors (Lipinski definition) is 4. The monoisotopic (exact) mass is 393 g/mol. The Hall–Kier alpha value is -0.950. The number of sulfonamides is 1. The van der Waals surface area contributed by atoms with Gasteiger partial charge in [-0.3, -0.25) is 4.90 Å². The van der Waals surface area contributed by atoms with Crippen LogP contribution in [-0.2, 0) is 16.6 Å². The second-order valence-corrected chi connectivity index (χ2v) is 10.4. The van der Waals surface area contributed by atoms with Gasteiger partial charge in [0, 0.05) is 19.6 Å². The van der Waals surface area contributed by atoms with Crippen molar-refractivity contribution in [3.63, 3.8) is 0 Å². The Kier molecular flexibility index (Phi) is 7.31. The molecule has 2 aliphatic heterocycles. The lowest BCUT2D eigenvalue weighted by Crippen LogP contribution is -2.39. The van der Waals surface area contributed by atoms with Crippen molar-refractivity contribution in [2.24, 2.45) is 0 Å². The first-order chi connectivity index (χ1) is 13.0. The van der Waals surface area contributed by atoms with Gasteiger partial charge in [0.05, 0.1) is 5.75 Å². The lowest BCUT2D eigenvalue weighted by Gasteiger charge is -2.33. The molecule has 1 aromatic rings. The fourth-order valence-corrected chi connectivity index (χ4v) is 5.91. The van der Waals surface area contributed by atoms with Gasteiger partial charge in [0.2, 0.25) is 10.0 Å². The highest BCUT2D eigenvalue weighted by Gasteiger charge is 2.29. The van der Waals surface area contributed by atoms with Crippen LogP contribution in [0.4, 0.5) is 0 Å². The Morgan fingerprint density at radius 3 is 2.37 bits per heavy atom. The van der Waals surface area contributed by atoms with Crippen molar-refractivity contribution < 1.29 is 8.42 Å². The van der Waals surface area contributed by atoms with Crippen molar-refractivity contribution in [3.8, 4) is 0 Å². The third-order valence-corrected chi connectivity index (χ3v) is 7.90. The number of benzene rings is 1. The van der Waals surface area contributed by atoms with Crippen LogP contribution in [0.5, 0.6) is 0 Å². The molecule has 0 unspecified atom stereocenters. The predicted octanol–water partition coefficient (Wildman–Crippen LogP) is 2.74. The van der Waals surface area contributed by atoms with Gasteiger partial charge < -0.3 is 4.90 Å². The minimum Gasteiger partial charge on any atom is -0.309 e. The summed E-state index contributed by atoms with van der Waals surface area (Å²) < 4.78 is 26.9. The molecule has 27 heavy (non-hydrogen) atoms. The Balaban J connectivity index is 1.57. The average molecular weight is 394 g/mol. The van der Waals surface area contributed by atoms with Gasteiger partial charge in [0.25, 0.3) is 0 Å². The molecule has 6 heteroatoms. The number of nitrogens with zero attached hydrogens (tertiary/aromatic N) is 3. The molecule has 2 aliphatic rings. The van der Waals surface area contributed by atoms with E-state index in [0.717, 1.165) is 25.9 Å². The van der Waals surface area contributed by atoms with Crippen LogP contribution in [0.15, 0.2) is 24.3 Å². The summed E-state index contributed by atoms with van der Waals surface area (Å²) in [7, 11) is 0.853. The lowest BCUT2D eigenvalue weighted by atomic mass is 9.87. The Morgan fingerprint density at radius 1 is 1.04 bits per heavy atom. The van der Waals surface area contributed by atoms with Crippen molar-refractivity contribution in [3.05, 3.63) is 35.4 Å². The Bertz CT molecular complexity index is 691. The molecule has 3 rings (SSSR count). The predicted molar refractivity (Wildman–Crippen MR) is 111 cm³/mol. The molecule has 0 radical (unpaired) electrons. The van der Waals surface area contributed by atoms with E-state index in [4.69, 9.17) is 0 Å². The summed E-state index contributed by atoms with van der Waals surface area (Å²) in [5.74, 6) is 0.749. The van der Waals surface area contributed by atoms with Crippen molar-refractivity contribution >= 4 is 10.0 Å². The Labute approximate surface area is 165 Å². The molecule has 0 aliphatic carbocycles. The van der Waals surface area contributed by atoms with Crippen LogP contribution in [0.3, 0.4) is 0 Å². The third-order valence-electron chi connectivity index (χ3n) is 5.94. The van der Waals surface area contributed by atoms with E-state index in [9.17, 15) is 8.42 Å². The zero-order valence-corrected chi connectivity index (χ0v) is 17.8. The third kappa shape index (κ3) is 5.76. The van der Waals surface area contributed by atoms with Crippen LogP contribution < -0.4 is 0 Å². The second-order valence-electron chi connectivity index (χ2n) is 8.33. The van der Waals surface area contributed by atoms with Crippen LogP contribution in [0.25, 0.3) is 0 Å². The van der Waals surface area contributed by atoms with Crippen LogP contribution in [0.1, 0.15) is 49.1 Å². The van der Waals surface area contributed by atoms with E-state index in [1.807, 2.05) is 19.0 Å².